The lowest BCUT2D eigenvalue weighted by atomic mass is 9.99. The number of hydrogen-bond acceptors (Lipinski definition) is 5. The van der Waals surface area contributed by atoms with Crippen LogP contribution in [0.25, 0.3) is 0 Å². The van der Waals surface area contributed by atoms with E-state index in [2.05, 4.69) is 5.32 Å². The van der Waals surface area contributed by atoms with Gasteiger partial charge in [0.05, 0.1) is 5.92 Å². The molecule has 0 fully saturated rings. The van der Waals surface area contributed by atoms with Gasteiger partial charge in [0.2, 0.25) is 5.91 Å². The van der Waals surface area contributed by atoms with E-state index in [4.69, 9.17) is 9.47 Å². The second-order valence-corrected chi connectivity index (χ2v) is 6.12. The first kappa shape index (κ1) is 17.7. The van der Waals surface area contributed by atoms with Crippen molar-refractivity contribution in [2.75, 3.05) is 11.9 Å². The highest BCUT2D eigenvalue weighted by Crippen LogP contribution is 2.32. The van der Waals surface area contributed by atoms with Gasteiger partial charge in [0.1, 0.15) is 5.75 Å². The zero-order chi connectivity index (χ0) is 18.7. The van der Waals surface area contributed by atoms with E-state index in [-0.39, 0.29) is 24.2 Å². The molecule has 1 aliphatic rings. The highest BCUT2D eigenvalue weighted by molar-refractivity contribution is 6.05. The van der Waals surface area contributed by atoms with Gasteiger partial charge in [-0.15, -0.1) is 0 Å². The van der Waals surface area contributed by atoms with Crippen molar-refractivity contribution >= 4 is 23.3 Å². The highest BCUT2D eigenvalue weighted by atomic mass is 16.6. The molecule has 0 aromatic heterocycles. The number of Topliss-reactive ketones (excluding diaryl/α,β-unsaturated/α-hetero) is 1. The summed E-state index contributed by atoms with van der Waals surface area (Å²) in [6.07, 6.45) is -0.827. The summed E-state index contributed by atoms with van der Waals surface area (Å²) in [4.78, 5) is 36.0. The zero-order valence-corrected chi connectivity index (χ0v) is 14.5. The van der Waals surface area contributed by atoms with Crippen LogP contribution in [0.3, 0.4) is 0 Å². The molecule has 2 aromatic carbocycles. The molecule has 2 aromatic rings. The Hall–Kier alpha value is -3.15. The maximum absolute atomic E-state index is 12.3. The van der Waals surface area contributed by atoms with Gasteiger partial charge in [0.15, 0.2) is 18.5 Å². The molecule has 0 saturated carbocycles. The SMILES string of the molecule is C[C@@H](Oc1ccccc1)C(=O)OCC(=O)c1ccc2c(c1)[C@@H](C)C(=O)N2. The Balaban J connectivity index is 1.57. The van der Waals surface area contributed by atoms with E-state index < -0.39 is 12.1 Å². The summed E-state index contributed by atoms with van der Waals surface area (Å²) < 4.78 is 10.5. The van der Waals surface area contributed by atoms with E-state index in [1.807, 2.05) is 6.07 Å². The van der Waals surface area contributed by atoms with Crippen LogP contribution in [0.1, 0.15) is 35.7 Å². The fourth-order valence-corrected chi connectivity index (χ4v) is 2.68. The minimum Gasteiger partial charge on any atom is -0.479 e. The number of rotatable bonds is 6. The number of fused-ring (bicyclic) bond motifs is 1. The predicted molar refractivity (Wildman–Crippen MR) is 95.3 cm³/mol. The molecule has 0 bridgehead atoms. The maximum Gasteiger partial charge on any atom is 0.347 e. The van der Waals surface area contributed by atoms with E-state index in [0.29, 0.717) is 17.0 Å². The molecule has 2 atom stereocenters. The van der Waals surface area contributed by atoms with Crippen LogP contribution >= 0.6 is 0 Å². The largest absolute Gasteiger partial charge is 0.479 e. The Morgan fingerprint density at radius 3 is 2.62 bits per heavy atom. The molecule has 0 radical (unpaired) electrons. The highest BCUT2D eigenvalue weighted by Gasteiger charge is 2.27. The average molecular weight is 353 g/mol. The number of nitrogens with one attached hydrogen (secondary N) is 1. The molecule has 1 aliphatic heterocycles. The molecule has 1 amide bonds. The second kappa shape index (κ2) is 7.39. The van der Waals surface area contributed by atoms with Crippen molar-refractivity contribution in [3.05, 3.63) is 59.7 Å². The number of ether oxygens (including phenoxy) is 2. The monoisotopic (exact) mass is 353 g/mol. The number of ketones is 1. The Morgan fingerprint density at radius 1 is 1.15 bits per heavy atom. The molecule has 3 rings (SSSR count). The van der Waals surface area contributed by atoms with Crippen molar-refractivity contribution in [2.24, 2.45) is 0 Å². The van der Waals surface area contributed by atoms with Gasteiger partial charge in [-0.3, -0.25) is 9.59 Å². The first-order valence-electron chi connectivity index (χ1n) is 8.32. The Kier molecular flexibility index (Phi) is 5.02. The standard InChI is InChI=1S/C20H19NO5/c1-12-16-10-14(8-9-17(16)21-19(12)23)18(22)11-25-20(24)13(2)26-15-6-4-3-5-7-15/h3-10,12-13H,11H2,1-2H3,(H,21,23)/t12-,13-/m1/s1. The number of anilines is 1. The van der Waals surface area contributed by atoms with Crippen LogP contribution in [0.15, 0.2) is 48.5 Å². The van der Waals surface area contributed by atoms with E-state index in [9.17, 15) is 14.4 Å². The minimum absolute atomic E-state index is 0.0945. The van der Waals surface area contributed by atoms with Crippen LogP contribution in [-0.2, 0) is 14.3 Å². The molecule has 6 heteroatoms. The smallest absolute Gasteiger partial charge is 0.347 e. The van der Waals surface area contributed by atoms with Crippen molar-refractivity contribution in [2.45, 2.75) is 25.9 Å². The number of carbonyl (C=O) groups excluding carboxylic acids is 3. The predicted octanol–water partition coefficient (Wildman–Crippen LogP) is 2.94. The molecule has 0 saturated heterocycles. The summed E-state index contributed by atoms with van der Waals surface area (Å²) in [7, 11) is 0. The average Bonchev–Trinajstić information content (AvgIpc) is 2.94. The van der Waals surface area contributed by atoms with Gasteiger partial charge in [0.25, 0.3) is 0 Å². The summed E-state index contributed by atoms with van der Waals surface area (Å²) in [5, 5.41) is 2.75. The molecule has 0 unspecified atom stereocenters. The topological polar surface area (TPSA) is 81.7 Å². The number of esters is 1. The number of benzene rings is 2. The molecular formula is C20H19NO5. The van der Waals surface area contributed by atoms with Gasteiger partial charge >= 0.3 is 5.97 Å². The summed E-state index contributed by atoms with van der Waals surface area (Å²) in [6, 6.07) is 13.9. The van der Waals surface area contributed by atoms with E-state index in [1.165, 1.54) is 0 Å². The van der Waals surface area contributed by atoms with Crippen LogP contribution in [0, 0.1) is 0 Å². The first-order chi connectivity index (χ1) is 12.5. The molecule has 0 spiro atoms. The van der Waals surface area contributed by atoms with Crippen LogP contribution in [0.5, 0.6) is 5.75 Å². The van der Waals surface area contributed by atoms with Gasteiger partial charge < -0.3 is 14.8 Å². The van der Waals surface area contributed by atoms with Gasteiger partial charge in [-0.1, -0.05) is 18.2 Å². The lowest BCUT2D eigenvalue weighted by Gasteiger charge is -2.13. The second-order valence-electron chi connectivity index (χ2n) is 6.12. The lowest BCUT2D eigenvalue weighted by molar-refractivity contribution is -0.149. The fourth-order valence-electron chi connectivity index (χ4n) is 2.68. The van der Waals surface area contributed by atoms with Crippen LogP contribution in [0.4, 0.5) is 5.69 Å². The van der Waals surface area contributed by atoms with Crippen LogP contribution < -0.4 is 10.1 Å². The molecule has 1 N–H and O–H groups in total. The molecule has 1 heterocycles. The van der Waals surface area contributed by atoms with E-state index >= 15 is 0 Å². The quantitative estimate of drug-likeness (QED) is 0.638. The van der Waals surface area contributed by atoms with Gasteiger partial charge in [0, 0.05) is 11.3 Å². The summed E-state index contributed by atoms with van der Waals surface area (Å²) in [5.41, 5.74) is 1.88. The molecule has 0 aliphatic carbocycles. The first-order valence-corrected chi connectivity index (χ1v) is 8.32. The van der Waals surface area contributed by atoms with Crippen LogP contribution in [0.2, 0.25) is 0 Å². The third-order valence-corrected chi connectivity index (χ3v) is 4.22. The van der Waals surface area contributed by atoms with Gasteiger partial charge in [-0.25, -0.2) is 4.79 Å². The number of hydrogen-bond donors (Lipinski definition) is 1. The molecule has 134 valence electrons. The normalized spacial score (nSPS) is 16.4. The molecule has 6 nitrogen and oxygen atoms in total. The third-order valence-electron chi connectivity index (χ3n) is 4.22. The van der Waals surface area contributed by atoms with E-state index in [0.717, 1.165) is 5.56 Å². The number of para-hydroxylation sites is 1. The third kappa shape index (κ3) is 3.74. The number of carbonyl (C=O) groups is 3. The lowest BCUT2D eigenvalue weighted by Crippen LogP contribution is -2.28. The maximum atomic E-state index is 12.3. The van der Waals surface area contributed by atoms with Gasteiger partial charge in [-0.2, -0.15) is 0 Å². The Morgan fingerprint density at radius 2 is 1.88 bits per heavy atom. The fraction of sp³-hybridized carbons (Fsp3) is 0.250. The van der Waals surface area contributed by atoms with Crippen molar-refractivity contribution in [1.29, 1.82) is 0 Å². The Bertz CT molecular complexity index is 847. The summed E-state index contributed by atoms with van der Waals surface area (Å²) >= 11 is 0. The van der Waals surface area contributed by atoms with Crippen molar-refractivity contribution in [3.8, 4) is 5.75 Å². The minimum atomic E-state index is -0.827. The van der Waals surface area contributed by atoms with E-state index in [1.54, 1.807) is 56.3 Å². The van der Waals surface area contributed by atoms with Gasteiger partial charge in [-0.05, 0) is 49.7 Å². The summed E-state index contributed by atoms with van der Waals surface area (Å²) in [5.74, 6) is -0.802. The van der Waals surface area contributed by atoms with Crippen molar-refractivity contribution in [3.63, 3.8) is 0 Å². The molecule has 26 heavy (non-hydrogen) atoms. The number of amides is 1. The Labute approximate surface area is 151 Å². The zero-order valence-electron chi connectivity index (χ0n) is 14.5. The van der Waals surface area contributed by atoms with Crippen molar-refractivity contribution < 1.29 is 23.9 Å². The van der Waals surface area contributed by atoms with Crippen molar-refractivity contribution in [1.82, 2.24) is 0 Å². The molecular weight excluding hydrogens is 334 g/mol. The van der Waals surface area contributed by atoms with Crippen LogP contribution in [-0.4, -0.2) is 30.4 Å². The summed E-state index contributed by atoms with van der Waals surface area (Å²) in [6.45, 7) is 2.96.